The van der Waals surface area contributed by atoms with Crippen molar-refractivity contribution in [2.75, 3.05) is 30.3 Å². The highest BCUT2D eigenvalue weighted by Gasteiger charge is 2.21. The zero-order chi connectivity index (χ0) is 15.1. The number of nitrogens with zero attached hydrogens (tertiary/aromatic N) is 1. The zero-order valence-corrected chi connectivity index (χ0v) is 14.0. The molecule has 2 rings (SSSR count). The smallest absolute Gasteiger partial charge is 0.214 e. The van der Waals surface area contributed by atoms with Crippen molar-refractivity contribution in [3.05, 3.63) is 24.3 Å². The number of rotatable bonds is 5. The van der Waals surface area contributed by atoms with E-state index < -0.39 is 10.0 Å². The molecular formula is C15H24N2O2S2. The van der Waals surface area contributed by atoms with Crippen LogP contribution in [0.5, 0.6) is 0 Å². The first-order valence-electron chi connectivity index (χ1n) is 7.54. The minimum absolute atomic E-state index is 0.201. The molecule has 1 saturated heterocycles. The summed E-state index contributed by atoms with van der Waals surface area (Å²) in [6.07, 6.45) is 5.50. The van der Waals surface area contributed by atoms with Crippen molar-refractivity contribution < 1.29 is 8.42 Å². The van der Waals surface area contributed by atoms with Crippen LogP contribution in [0.4, 0.5) is 5.69 Å². The highest BCUT2D eigenvalue weighted by atomic mass is 32.2. The van der Waals surface area contributed by atoms with Crippen molar-refractivity contribution in [1.29, 1.82) is 0 Å². The van der Waals surface area contributed by atoms with E-state index in [1.54, 1.807) is 16.1 Å². The van der Waals surface area contributed by atoms with Crippen molar-refractivity contribution in [1.82, 2.24) is 4.31 Å². The summed E-state index contributed by atoms with van der Waals surface area (Å²) in [6, 6.07) is 7.57. The molecular weight excluding hydrogens is 304 g/mol. The largest absolute Gasteiger partial charge is 0.399 e. The number of sulfonamides is 1. The number of anilines is 1. The van der Waals surface area contributed by atoms with E-state index in [4.69, 9.17) is 5.73 Å². The highest BCUT2D eigenvalue weighted by Crippen LogP contribution is 2.21. The van der Waals surface area contributed by atoms with E-state index in [9.17, 15) is 8.42 Å². The molecule has 4 nitrogen and oxygen atoms in total. The Bertz CT molecular complexity index is 538. The maximum atomic E-state index is 12.4. The molecule has 0 aliphatic carbocycles. The molecule has 0 spiro atoms. The Morgan fingerprint density at radius 1 is 1.10 bits per heavy atom. The van der Waals surface area contributed by atoms with Crippen molar-refractivity contribution >= 4 is 27.5 Å². The summed E-state index contributed by atoms with van der Waals surface area (Å²) in [5.41, 5.74) is 6.44. The van der Waals surface area contributed by atoms with Gasteiger partial charge in [0.1, 0.15) is 0 Å². The molecule has 2 N–H and O–H groups in total. The molecule has 6 heteroatoms. The van der Waals surface area contributed by atoms with E-state index in [-0.39, 0.29) is 5.75 Å². The molecule has 1 aliphatic heterocycles. The first-order valence-corrected chi connectivity index (χ1v) is 10.1. The standard InChI is InChI=1S/C15H24N2O2S2/c16-14-7-6-8-15(13-14)20-11-12-21(18,19)17-9-4-2-1-3-5-10-17/h6-8,13H,1-5,9-12,16H2. The van der Waals surface area contributed by atoms with Gasteiger partial charge in [-0.05, 0) is 31.0 Å². The minimum Gasteiger partial charge on any atom is -0.399 e. The van der Waals surface area contributed by atoms with Crippen molar-refractivity contribution in [2.24, 2.45) is 0 Å². The number of hydrogen-bond donors (Lipinski definition) is 1. The van der Waals surface area contributed by atoms with Gasteiger partial charge >= 0.3 is 0 Å². The molecule has 1 aromatic rings. The molecule has 21 heavy (non-hydrogen) atoms. The topological polar surface area (TPSA) is 63.4 Å². The third-order valence-corrected chi connectivity index (χ3v) is 6.80. The summed E-state index contributed by atoms with van der Waals surface area (Å²) in [5.74, 6) is 0.773. The van der Waals surface area contributed by atoms with Gasteiger partial charge < -0.3 is 5.73 Å². The number of thioether (sulfide) groups is 1. The van der Waals surface area contributed by atoms with Crippen LogP contribution in [0.15, 0.2) is 29.2 Å². The van der Waals surface area contributed by atoms with Crippen molar-refractivity contribution in [2.45, 2.75) is 37.0 Å². The van der Waals surface area contributed by atoms with E-state index in [2.05, 4.69) is 0 Å². The molecule has 0 amide bonds. The predicted octanol–water partition coefficient (Wildman–Crippen LogP) is 2.96. The van der Waals surface area contributed by atoms with Gasteiger partial charge in [0.05, 0.1) is 5.75 Å². The molecule has 0 unspecified atom stereocenters. The highest BCUT2D eigenvalue weighted by molar-refractivity contribution is 8.00. The van der Waals surface area contributed by atoms with Gasteiger partial charge in [-0.3, -0.25) is 0 Å². The first-order chi connectivity index (χ1) is 10.1. The van der Waals surface area contributed by atoms with Gasteiger partial charge in [0.15, 0.2) is 0 Å². The lowest BCUT2D eigenvalue weighted by Crippen LogP contribution is -2.36. The third kappa shape index (κ3) is 5.52. The first kappa shape index (κ1) is 16.6. The summed E-state index contributed by atoms with van der Waals surface area (Å²) in [4.78, 5) is 1.03. The molecule has 0 bridgehead atoms. The zero-order valence-electron chi connectivity index (χ0n) is 12.3. The van der Waals surface area contributed by atoms with Gasteiger partial charge in [-0.2, -0.15) is 0 Å². The summed E-state index contributed by atoms with van der Waals surface area (Å²) in [7, 11) is -3.12. The lowest BCUT2D eigenvalue weighted by Gasteiger charge is -2.24. The Labute approximate surface area is 132 Å². The summed E-state index contributed by atoms with van der Waals surface area (Å²) >= 11 is 1.55. The molecule has 1 fully saturated rings. The second kappa shape index (κ2) is 8.06. The summed E-state index contributed by atoms with van der Waals surface area (Å²) < 4.78 is 26.5. The van der Waals surface area contributed by atoms with Crippen LogP contribution >= 0.6 is 11.8 Å². The molecule has 1 heterocycles. The van der Waals surface area contributed by atoms with Crippen LogP contribution in [-0.2, 0) is 10.0 Å². The molecule has 0 saturated carbocycles. The van der Waals surface area contributed by atoms with Gasteiger partial charge in [0, 0.05) is 29.4 Å². The quantitative estimate of drug-likeness (QED) is 0.667. The Morgan fingerprint density at radius 3 is 2.43 bits per heavy atom. The van der Waals surface area contributed by atoms with Crippen LogP contribution in [0.25, 0.3) is 0 Å². The van der Waals surface area contributed by atoms with Crippen LogP contribution in [0.3, 0.4) is 0 Å². The van der Waals surface area contributed by atoms with E-state index in [0.717, 1.165) is 30.6 Å². The van der Waals surface area contributed by atoms with E-state index in [1.165, 1.54) is 6.42 Å². The Kier molecular flexibility index (Phi) is 6.39. The fourth-order valence-electron chi connectivity index (χ4n) is 2.49. The van der Waals surface area contributed by atoms with Crippen LogP contribution < -0.4 is 5.73 Å². The van der Waals surface area contributed by atoms with Gasteiger partial charge in [-0.25, -0.2) is 12.7 Å². The third-order valence-electron chi connectivity index (χ3n) is 3.68. The van der Waals surface area contributed by atoms with Crippen LogP contribution in [-0.4, -0.2) is 37.3 Å². The second-order valence-electron chi connectivity index (χ2n) is 5.40. The predicted molar refractivity (Wildman–Crippen MR) is 90.0 cm³/mol. The molecule has 1 aromatic carbocycles. The van der Waals surface area contributed by atoms with Crippen molar-refractivity contribution in [3.63, 3.8) is 0 Å². The minimum atomic E-state index is -3.12. The number of hydrogen-bond acceptors (Lipinski definition) is 4. The van der Waals surface area contributed by atoms with Crippen LogP contribution in [0.1, 0.15) is 32.1 Å². The van der Waals surface area contributed by atoms with E-state index in [1.807, 2.05) is 24.3 Å². The van der Waals surface area contributed by atoms with Crippen LogP contribution in [0, 0.1) is 0 Å². The fourth-order valence-corrected chi connectivity index (χ4v) is 5.37. The maximum Gasteiger partial charge on any atom is 0.214 e. The van der Waals surface area contributed by atoms with E-state index >= 15 is 0 Å². The fraction of sp³-hybridized carbons (Fsp3) is 0.600. The number of benzene rings is 1. The monoisotopic (exact) mass is 328 g/mol. The van der Waals surface area contributed by atoms with Crippen LogP contribution in [0.2, 0.25) is 0 Å². The lowest BCUT2D eigenvalue weighted by molar-refractivity contribution is 0.365. The molecule has 1 aliphatic rings. The molecule has 0 atom stereocenters. The Morgan fingerprint density at radius 2 is 1.76 bits per heavy atom. The SMILES string of the molecule is Nc1cccc(SCCS(=O)(=O)N2CCCCCCC2)c1. The maximum absolute atomic E-state index is 12.4. The lowest BCUT2D eigenvalue weighted by atomic mass is 10.1. The summed E-state index contributed by atoms with van der Waals surface area (Å²) in [5, 5.41) is 0. The normalized spacial score (nSPS) is 18.1. The summed E-state index contributed by atoms with van der Waals surface area (Å²) in [6.45, 7) is 1.37. The number of nitrogens with two attached hydrogens (primary N) is 1. The average molecular weight is 329 g/mol. The second-order valence-corrected chi connectivity index (χ2v) is 8.66. The van der Waals surface area contributed by atoms with Gasteiger partial charge in [0.2, 0.25) is 10.0 Å². The van der Waals surface area contributed by atoms with Gasteiger partial charge in [-0.1, -0.05) is 25.3 Å². The Balaban J connectivity index is 1.85. The van der Waals surface area contributed by atoms with Gasteiger partial charge in [0.25, 0.3) is 0 Å². The van der Waals surface area contributed by atoms with Gasteiger partial charge in [-0.15, -0.1) is 11.8 Å². The van der Waals surface area contributed by atoms with Crippen molar-refractivity contribution in [3.8, 4) is 0 Å². The molecule has 0 radical (unpaired) electrons. The molecule has 0 aromatic heterocycles. The van der Waals surface area contributed by atoms with E-state index in [0.29, 0.717) is 24.5 Å². The Hall–Kier alpha value is -0.720. The average Bonchev–Trinajstić information content (AvgIpc) is 2.37. The molecule has 118 valence electrons. The number of nitrogen functional groups attached to an aromatic ring is 1.